The van der Waals surface area contributed by atoms with Crippen molar-refractivity contribution >= 4 is 34.3 Å². The van der Waals surface area contributed by atoms with Gasteiger partial charge in [0.15, 0.2) is 5.16 Å². The first-order valence-corrected chi connectivity index (χ1v) is 11.0. The highest BCUT2D eigenvalue weighted by Crippen LogP contribution is 2.21. The zero-order valence-electron chi connectivity index (χ0n) is 17.6. The van der Waals surface area contributed by atoms with Crippen LogP contribution in [0.4, 0.5) is 5.69 Å². The number of rotatable bonds is 9. The van der Waals surface area contributed by atoms with Gasteiger partial charge in [-0.1, -0.05) is 49.9 Å². The quantitative estimate of drug-likeness (QED) is 0.315. The molecule has 30 heavy (non-hydrogen) atoms. The lowest BCUT2D eigenvalue weighted by Crippen LogP contribution is -2.25. The van der Waals surface area contributed by atoms with E-state index in [0.29, 0.717) is 41.5 Å². The van der Waals surface area contributed by atoms with Gasteiger partial charge in [-0.05, 0) is 42.2 Å². The number of benzene rings is 2. The maximum atomic E-state index is 12.9. The van der Waals surface area contributed by atoms with Crippen LogP contribution in [0.25, 0.3) is 10.9 Å². The number of hydrogen-bond donors (Lipinski definition) is 1. The predicted molar refractivity (Wildman–Crippen MR) is 122 cm³/mol. The van der Waals surface area contributed by atoms with E-state index >= 15 is 0 Å². The second-order valence-electron chi connectivity index (χ2n) is 7.33. The summed E-state index contributed by atoms with van der Waals surface area (Å²) in [5.74, 6) is 0.423. The summed E-state index contributed by atoms with van der Waals surface area (Å²) < 4.78 is 6.75. The lowest BCUT2D eigenvalue weighted by atomic mass is 10.0. The molecule has 0 saturated carbocycles. The molecule has 0 spiro atoms. The minimum atomic E-state index is -0.133. The van der Waals surface area contributed by atoms with Gasteiger partial charge in [0.1, 0.15) is 0 Å². The molecule has 1 amide bonds. The summed E-state index contributed by atoms with van der Waals surface area (Å²) in [6.07, 6.45) is 0.693. The Morgan fingerprint density at radius 1 is 1.20 bits per heavy atom. The van der Waals surface area contributed by atoms with E-state index in [9.17, 15) is 9.59 Å². The molecule has 158 valence electrons. The van der Waals surface area contributed by atoms with Gasteiger partial charge in [-0.25, -0.2) is 4.98 Å². The van der Waals surface area contributed by atoms with Crippen molar-refractivity contribution < 1.29 is 9.53 Å². The Labute approximate surface area is 180 Å². The van der Waals surface area contributed by atoms with E-state index in [-0.39, 0.29) is 17.2 Å². The first kappa shape index (κ1) is 22.1. The van der Waals surface area contributed by atoms with Crippen LogP contribution in [0.5, 0.6) is 0 Å². The van der Waals surface area contributed by atoms with Crippen LogP contribution >= 0.6 is 11.8 Å². The normalized spacial score (nSPS) is 11.2. The van der Waals surface area contributed by atoms with Crippen LogP contribution < -0.4 is 10.9 Å². The van der Waals surface area contributed by atoms with Crippen LogP contribution in [0, 0.1) is 0 Å². The highest BCUT2D eigenvalue weighted by atomic mass is 32.2. The molecule has 7 heteroatoms. The standard InChI is InChI=1S/C23H27N3O3S/c1-16(2)17-8-6-9-18(14-17)24-21(27)15-30-23-25-20-11-5-4-10-19(20)22(28)26(23)12-7-13-29-3/h4-6,8-11,14,16H,7,12-13,15H2,1-3H3,(H,24,27). The summed E-state index contributed by atoms with van der Waals surface area (Å²) >= 11 is 1.27. The number of aromatic nitrogens is 2. The van der Waals surface area contributed by atoms with E-state index in [1.165, 1.54) is 17.3 Å². The Bertz CT molecular complexity index is 1080. The molecule has 6 nitrogen and oxygen atoms in total. The van der Waals surface area contributed by atoms with Crippen LogP contribution in [0.2, 0.25) is 0 Å². The molecule has 1 heterocycles. The number of carbonyl (C=O) groups excluding carboxylic acids is 1. The van der Waals surface area contributed by atoms with Crippen molar-refractivity contribution in [1.29, 1.82) is 0 Å². The van der Waals surface area contributed by atoms with Crippen molar-refractivity contribution in [2.45, 2.75) is 37.9 Å². The van der Waals surface area contributed by atoms with Gasteiger partial charge in [-0.15, -0.1) is 0 Å². The number of methoxy groups -OCH3 is 1. The number of thioether (sulfide) groups is 1. The number of nitrogens with zero attached hydrogens (tertiary/aromatic N) is 2. The molecule has 0 saturated heterocycles. The van der Waals surface area contributed by atoms with Crippen molar-refractivity contribution in [3.8, 4) is 0 Å². The summed E-state index contributed by atoms with van der Waals surface area (Å²) in [5.41, 5.74) is 2.49. The Morgan fingerprint density at radius 2 is 2.00 bits per heavy atom. The SMILES string of the molecule is COCCCn1c(SCC(=O)Nc2cccc(C(C)C)c2)nc2ccccc2c1=O. The first-order chi connectivity index (χ1) is 14.5. The predicted octanol–water partition coefficient (Wildman–Crippen LogP) is 4.29. The average molecular weight is 426 g/mol. The second-order valence-corrected chi connectivity index (χ2v) is 8.27. The second kappa shape index (κ2) is 10.4. The number of nitrogens with one attached hydrogen (secondary N) is 1. The Hall–Kier alpha value is -2.64. The molecule has 2 aromatic carbocycles. The van der Waals surface area contributed by atoms with Crippen LogP contribution in [0.15, 0.2) is 58.5 Å². The van der Waals surface area contributed by atoms with Crippen LogP contribution in [0.3, 0.4) is 0 Å². The molecule has 0 fully saturated rings. The van der Waals surface area contributed by atoms with Crippen LogP contribution in [-0.2, 0) is 16.1 Å². The van der Waals surface area contributed by atoms with Crippen LogP contribution in [0.1, 0.15) is 31.7 Å². The van der Waals surface area contributed by atoms with Crippen molar-refractivity contribution in [2.24, 2.45) is 0 Å². The molecule has 1 N–H and O–H groups in total. The summed E-state index contributed by atoms with van der Waals surface area (Å²) in [7, 11) is 1.63. The third-order valence-electron chi connectivity index (χ3n) is 4.73. The van der Waals surface area contributed by atoms with E-state index in [2.05, 4.69) is 24.1 Å². The zero-order valence-corrected chi connectivity index (χ0v) is 18.4. The molecule has 1 aromatic heterocycles. The zero-order chi connectivity index (χ0) is 21.5. The monoisotopic (exact) mass is 425 g/mol. The number of anilines is 1. The number of fused-ring (bicyclic) bond motifs is 1. The average Bonchev–Trinajstić information content (AvgIpc) is 2.74. The number of amides is 1. The summed E-state index contributed by atoms with van der Waals surface area (Å²) in [4.78, 5) is 30.1. The van der Waals surface area contributed by atoms with Gasteiger partial charge in [-0.2, -0.15) is 0 Å². The number of para-hydroxylation sites is 1. The van der Waals surface area contributed by atoms with Gasteiger partial charge in [-0.3, -0.25) is 14.2 Å². The fraction of sp³-hybridized carbons (Fsp3) is 0.348. The van der Waals surface area contributed by atoms with Gasteiger partial charge < -0.3 is 10.1 Å². The van der Waals surface area contributed by atoms with Gasteiger partial charge in [0.05, 0.1) is 16.7 Å². The smallest absolute Gasteiger partial charge is 0.262 e. The Morgan fingerprint density at radius 3 is 2.77 bits per heavy atom. The molecule has 0 unspecified atom stereocenters. The third kappa shape index (κ3) is 5.49. The fourth-order valence-corrected chi connectivity index (χ4v) is 3.95. The maximum Gasteiger partial charge on any atom is 0.262 e. The molecule has 0 radical (unpaired) electrons. The van der Waals surface area contributed by atoms with E-state index < -0.39 is 0 Å². The third-order valence-corrected chi connectivity index (χ3v) is 5.70. The van der Waals surface area contributed by atoms with Gasteiger partial charge in [0.25, 0.3) is 5.56 Å². The molecule has 3 aromatic rings. The number of ether oxygens (including phenoxy) is 1. The lowest BCUT2D eigenvalue weighted by Gasteiger charge is -2.13. The minimum Gasteiger partial charge on any atom is -0.385 e. The van der Waals surface area contributed by atoms with Crippen molar-refractivity contribution in [3.05, 3.63) is 64.4 Å². The molecule has 0 aliphatic carbocycles. The summed E-state index contributed by atoms with van der Waals surface area (Å²) in [5, 5.41) is 4.06. The highest BCUT2D eigenvalue weighted by molar-refractivity contribution is 7.99. The van der Waals surface area contributed by atoms with E-state index in [4.69, 9.17) is 4.74 Å². The van der Waals surface area contributed by atoms with Crippen molar-refractivity contribution in [3.63, 3.8) is 0 Å². The molecule has 3 rings (SSSR count). The molecular weight excluding hydrogens is 398 g/mol. The topological polar surface area (TPSA) is 73.2 Å². The maximum absolute atomic E-state index is 12.9. The fourth-order valence-electron chi connectivity index (χ4n) is 3.12. The number of carbonyl (C=O) groups is 1. The molecular formula is C23H27N3O3S. The van der Waals surface area contributed by atoms with Gasteiger partial charge >= 0.3 is 0 Å². The van der Waals surface area contributed by atoms with E-state index in [1.54, 1.807) is 17.7 Å². The lowest BCUT2D eigenvalue weighted by molar-refractivity contribution is -0.113. The van der Waals surface area contributed by atoms with E-state index in [0.717, 1.165) is 5.69 Å². The molecule has 0 atom stereocenters. The molecule has 0 aliphatic rings. The number of hydrogen-bond acceptors (Lipinski definition) is 5. The summed E-state index contributed by atoms with van der Waals surface area (Å²) in [6.45, 7) is 5.27. The summed E-state index contributed by atoms with van der Waals surface area (Å²) in [6, 6.07) is 15.1. The molecule has 0 bridgehead atoms. The van der Waals surface area contributed by atoms with Crippen molar-refractivity contribution in [1.82, 2.24) is 9.55 Å². The van der Waals surface area contributed by atoms with Gasteiger partial charge in [0, 0.05) is 25.9 Å². The minimum absolute atomic E-state index is 0.0933. The van der Waals surface area contributed by atoms with Gasteiger partial charge in [0.2, 0.25) is 5.91 Å². The first-order valence-electron chi connectivity index (χ1n) is 10.0. The molecule has 0 aliphatic heterocycles. The van der Waals surface area contributed by atoms with Crippen LogP contribution in [-0.4, -0.2) is 34.9 Å². The van der Waals surface area contributed by atoms with Crippen molar-refractivity contribution in [2.75, 3.05) is 24.8 Å². The Balaban J connectivity index is 1.77. The largest absolute Gasteiger partial charge is 0.385 e. The Kier molecular flexibility index (Phi) is 7.65. The highest BCUT2D eigenvalue weighted by Gasteiger charge is 2.13. The van der Waals surface area contributed by atoms with E-state index in [1.807, 2.05) is 42.5 Å².